The molecule has 1 saturated heterocycles. The van der Waals surface area contributed by atoms with Gasteiger partial charge in [-0.05, 0) is 36.4 Å². The van der Waals surface area contributed by atoms with Gasteiger partial charge in [-0.15, -0.1) is 0 Å². The first-order chi connectivity index (χ1) is 10.9. The van der Waals surface area contributed by atoms with Crippen LogP contribution in [0.4, 0.5) is 15.9 Å². The second-order valence-electron chi connectivity index (χ2n) is 5.32. The number of nitrogens with zero attached hydrogens (tertiary/aromatic N) is 3. The number of nitrogens with two attached hydrogens (primary N) is 1. The van der Waals surface area contributed by atoms with E-state index in [9.17, 15) is 12.8 Å². The predicted octanol–water partition coefficient (Wildman–Crippen LogP) is 1.19. The maximum atomic E-state index is 13.8. The Bertz CT molecular complexity index is 787. The van der Waals surface area contributed by atoms with Gasteiger partial charge in [0.15, 0.2) is 11.6 Å². The van der Waals surface area contributed by atoms with Gasteiger partial charge in [-0.25, -0.2) is 22.9 Å². The van der Waals surface area contributed by atoms with Crippen molar-refractivity contribution in [1.82, 2.24) is 4.98 Å². The molecule has 6 nitrogen and oxygen atoms in total. The Morgan fingerprint density at radius 3 is 2.17 bits per heavy atom. The average Bonchev–Trinajstić information content (AvgIpc) is 2.55. The van der Waals surface area contributed by atoms with Gasteiger partial charge in [0, 0.05) is 38.1 Å². The number of sulfonamides is 1. The minimum absolute atomic E-state index is 0.0930. The van der Waals surface area contributed by atoms with Crippen LogP contribution in [0, 0.1) is 5.82 Å². The van der Waals surface area contributed by atoms with Crippen molar-refractivity contribution in [2.45, 2.75) is 4.90 Å². The van der Waals surface area contributed by atoms with E-state index >= 15 is 0 Å². The maximum Gasteiger partial charge on any atom is 0.238 e. The van der Waals surface area contributed by atoms with Crippen molar-refractivity contribution in [3.05, 3.63) is 48.4 Å². The largest absolute Gasteiger partial charge is 0.368 e. The number of pyridine rings is 1. The molecule has 8 heteroatoms. The molecule has 0 amide bonds. The first-order valence-electron chi connectivity index (χ1n) is 7.18. The molecule has 1 aromatic heterocycles. The number of hydrogen-bond donors (Lipinski definition) is 1. The molecule has 0 saturated carbocycles. The minimum Gasteiger partial charge on any atom is -0.368 e. The van der Waals surface area contributed by atoms with Crippen LogP contribution in [0.5, 0.6) is 0 Å². The number of benzene rings is 1. The van der Waals surface area contributed by atoms with Gasteiger partial charge < -0.3 is 9.80 Å². The topological polar surface area (TPSA) is 79.5 Å². The van der Waals surface area contributed by atoms with Gasteiger partial charge in [-0.3, -0.25) is 0 Å². The molecule has 23 heavy (non-hydrogen) atoms. The summed E-state index contributed by atoms with van der Waals surface area (Å²) in [7, 11) is -3.68. The van der Waals surface area contributed by atoms with Gasteiger partial charge in [0.2, 0.25) is 10.0 Å². The molecule has 0 aliphatic carbocycles. The zero-order valence-corrected chi connectivity index (χ0v) is 13.2. The van der Waals surface area contributed by atoms with Crippen LogP contribution in [-0.2, 0) is 10.0 Å². The number of primary sulfonamides is 1. The van der Waals surface area contributed by atoms with Crippen LogP contribution in [-0.4, -0.2) is 39.6 Å². The van der Waals surface area contributed by atoms with Crippen LogP contribution < -0.4 is 14.9 Å². The molecule has 3 rings (SSSR count). The molecule has 1 aliphatic heterocycles. The van der Waals surface area contributed by atoms with Gasteiger partial charge in [-0.2, -0.15) is 0 Å². The SMILES string of the molecule is NS(=O)(=O)c1ccc(N2CCN(c3ncccc3F)CC2)cc1. The summed E-state index contributed by atoms with van der Waals surface area (Å²) < 4.78 is 36.3. The molecule has 0 spiro atoms. The maximum absolute atomic E-state index is 13.8. The quantitative estimate of drug-likeness (QED) is 0.911. The van der Waals surface area contributed by atoms with Crippen LogP contribution in [0.3, 0.4) is 0 Å². The highest BCUT2D eigenvalue weighted by Gasteiger charge is 2.20. The molecule has 1 fully saturated rings. The third kappa shape index (κ3) is 3.43. The molecule has 0 atom stereocenters. The Kier molecular flexibility index (Phi) is 4.18. The Labute approximate surface area is 134 Å². The molecule has 0 radical (unpaired) electrons. The fraction of sp³-hybridized carbons (Fsp3) is 0.267. The third-order valence-electron chi connectivity index (χ3n) is 3.85. The highest BCUT2D eigenvalue weighted by molar-refractivity contribution is 7.89. The van der Waals surface area contributed by atoms with Gasteiger partial charge in [0.1, 0.15) is 0 Å². The zero-order chi connectivity index (χ0) is 16.4. The number of halogens is 1. The Morgan fingerprint density at radius 2 is 1.61 bits per heavy atom. The summed E-state index contributed by atoms with van der Waals surface area (Å²) in [5, 5.41) is 5.09. The highest BCUT2D eigenvalue weighted by atomic mass is 32.2. The number of rotatable bonds is 3. The van der Waals surface area contributed by atoms with E-state index in [1.165, 1.54) is 18.2 Å². The summed E-state index contributed by atoms with van der Waals surface area (Å²) in [4.78, 5) is 8.21. The van der Waals surface area contributed by atoms with Gasteiger partial charge >= 0.3 is 0 Å². The van der Waals surface area contributed by atoms with Crippen LogP contribution in [0.1, 0.15) is 0 Å². The fourth-order valence-electron chi connectivity index (χ4n) is 2.63. The van der Waals surface area contributed by atoms with E-state index in [0.29, 0.717) is 32.0 Å². The molecule has 122 valence electrons. The molecule has 0 bridgehead atoms. The van der Waals surface area contributed by atoms with Crippen molar-refractivity contribution in [2.24, 2.45) is 5.14 Å². The van der Waals surface area contributed by atoms with Crippen LogP contribution in [0.2, 0.25) is 0 Å². The predicted molar refractivity (Wildman–Crippen MR) is 86.4 cm³/mol. The molecule has 2 N–H and O–H groups in total. The van der Waals surface area contributed by atoms with Crippen molar-refractivity contribution in [2.75, 3.05) is 36.0 Å². The van der Waals surface area contributed by atoms with Crippen molar-refractivity contribution in [1.29, 1.82) is 0 Å². The number of aromatic nitrogens is 1. The third-order valence-corrected chi connectivity index (χ3v) is 4.78. The van der Waals surface area contributed by atoms with Crippen molar-refractivity contribution in [3.63, 3.8) is 0 Å². The summed E-state index contributed by atoms with van der Waals surface area (Å²) in [6, 6.07) is 9.43. The average molecular weight is 336 g/mol. The second kappa shape index (κ2) is 6.13. The number of hydrogen-bond acceptors (Lipinski definition) is 5. The van der Waals surface area contributed by atoms with E-state index in [0.717, 1.165) is 5.69 Å². The molecule has 2 aromatic rings. The zero-order valence-electron chi connectivity index (χ0n) is 12.4. The molecule has 1 aromatic carbocycles. The fourth-order valence-corrected chi connectivity index (χ4v) is 3.15. The molecule has 2 heterocycles. The molecular formula is C15H17FN4O2S. The van der Waals surface area contributed by atoms with Crippen LogP contribution >= 0.6 is 0 Å². The molecule has 1 aliphatic rings. The lowest BCUT2D eigenvalue weighted by molar-refractivity contribution is 0.588. The number of anilines is 2. The summed E-state index contributed by atoms with van der Waals surface area (Å²) in [5.41, 5.74) is 0.915. The molecular weight excluding hydrogens is 319 g/mol. The van der Waals surface area contributed by atoms with Gasteiger partial charge in [0.05, 0.1) is 4.90 Å². The Hall–Kier alpha value is -2.19. The molecule has 0 unspecified atom stereocenters. The lowest BCUT2D eigenvalue weighted by Gasteiger charge is -2.36. The first-order valence-corrected chi connectivity index (χ1v) is 8.73. The lowest BCUT2D eigenvalue weighted by Crippen LogP contribution is -2.47. The Morgan fingerprint density at radius 1 is 1.00 bits per heavy atom. The lowest BCUT2D eigenvalue weighted by atomic mass is 10.2. The van der Waals surface area contributed by atoms with E-state index in [1.807, 2.05) is 4.90 Å². The smallest absolute Gasteiger partial charge is 0.238 e. The van der Waals surface area contributed by atoms with E-state index in [-0.39, 0.29) is 10.7 Å². The summed E-state index contributed by atoms with van der Waals surface area (Å²) >= 11 is 0. The van der Waals surface area contributed by atoms with E-state index in [1.54, 1.807) is 24.4 Å². The first kappa shape index (κ1) is 15.7. The van der Waals surface area contributed by atoms with E-state index < -0.39 is 10.0 Å². The van der Waals surface area contributed by atoms with Gasteiger partial charge in [0.25, 0.3) is 0 Å². The monoisotopic (exact) mass is 336 g/mol. The van der Waals surface area contributed by atoms with Crippen molar-refractivity contribution in [3.8, 4) is 0 Å². The highest BCUT2D eigenvalue weighted by Crippen LogP contribution is 2.22. The Balaban J connectivity index is 1.68. The summed E-state index contributed by atoms with van der Waals surface area (Å²) in [6.45, 7) is 2.69. The van der Waals surface area contributed by atoms with Crippen molar-refractivity contribution < 1.29 is 12.8 Å². The number of piperazine rings is 1. The van der Waals surface area contributed by atoms with E-state index in [2.05, 4.69) is 9.88 Å². The summed E-state index contributed by atoms with van der Waals surface area (Å²) in [5.74, 6) is 0.0511. The van der Waals surface area contributed by atoms with Crippen molar-refractivity contribution >= 4 is 21.5 Å². The van der Waals surface area contributed by atoms with Crippen LogP contribution in [0.15, 0.2) is 47.5 Å². The van der Waals surface area contributed by atoms with Gasteiger partial charge in [-0.1, -0.05) is 0 Å². The minimum atomic E-state index is -3.68. The summed E-state index contributed by atoms with van der Waals surface area (Å²) in [6.07, 6.45) is 1.58. The van der Waals surface area contributed by atoms with Crippen LogP contribution in [0.25, 0.3) is 0 Å². The second-order valence-corrected chi connectivity index (χ2v) is 6.88. The van der Waals surface area contributed by atoms with E-state index in [4.69, 9.17) is 5.14 Å². The standard InChI is InChI=1S/C15H17FN4O2S/c16-14-2-1-7-18-15(14)20-10-8-19(9-11-20)12-3-5-13(6-4-12)23(17,21)22/h1-7H,8-11H2,(H2,17,21,22). The normalized spacial score (nSPS) is 15.7.